The molecule has 2 heteroatoms. The Hall–Kier alpha value is -2.35. The fraction of sp³-hybridized carbons (Fsp3) is 0. The van der Waals surface area contributed by atoms with E-state index >= 15 is 0 Å². The van der Waals surface area contributed by atoms with Crippen LogP contribution in [0.25, 0.3) is 32.7 Å². The monoisotopic (exact) mass is 218 g/mol. The minimum absolute atomic E-state index is 0.183. The second-order valence-electron chi connectivity index (χ2n) is 4.58. The van der Waals surface area contributed by atoms with Crippen molar-refractivity contribution in [3.8, 4) is 22.6 Å². The van der Waals surface area contributed by atoms with Crippen LogP contribution < -0.4 is 10.2 Å². The third-order valence-electron chi connectivity index (χ3n) is 3.64. The smallest absolute Gasteiger partial charge is 0.195 e. The Morgan fingerprint density at radius 2 is 1.94 bits per heavy atom. The van der Waals surface area contributed by atoms with Crippen molar-refractivity contribution in [2.45, 2.75) is 0 Å². The highest BCUT2D eigenvalue weighted by atomic mass is 16.6. The van der Waals surface area contributed by atoms with Crippen molar-refractivity contribution in [2.75, 3.05) is 0 Å². The van der Waals surface area contributed by atoms with Gasteiger partial charge in [-0.05, 0) is 23.1 Å². The predicted octanol–water partition coefficient (Wildman–Crippen LogP) is 3.44. The average Bonchev–Trinajstić information content (AvgIpc) is 3.19. The molecule has 2 aromatic rings. The highest BCUT2D eigenvalue weighted by molar-refractivity contribution is 6.22. The van der Waals surface area contributed by atoms with Crippen LogP contribution in [0.15, 0.2) is 41.2 Å². The molecule has 0 unspecified atom stereocenters. The highest BCUT2D eigenvalue weighted by Crippen LogP contribution is 2.59. The first-order chi connectivity index (χ1) is 8.34. The second-order valence-corrected chi connectivity index (χ2v) is 4.58. The zero-order valence-corrected chi connectivity index (χ0v) is 8.78. The first-order valence-corrected chi connectivity index (χ1v) is 5.59. The Bertz CT molecular complexity index is 923. The molecule has 0 atom stereocenters. The summed E-state index contributed by atoms with van der Waals surface area (Å²) in [5.41, 5.74) is 2.44. The lowest BCUT2D eigenvalue weighted by Crippen LogP contribution is -1.74. The van der Waals surface area contributed by atoms with E-state index in [1.165, 1.54) is 0 Å². The summed E-state index contributed by atoms with van der Waals surface area (Å²) < 4.78 is 5.41. The molecule has 2 nitrogen and oxygen atoms in total. The highest BCUT2D eigenvalue weighted by Gasteiger charge is 2.32. The standard InChI is InChI=1S/C15H6O2/c16-14-9-5-4-7-2-1-3-8-6-10-15(17-10)12(8)11(7)13(9)14/h1-6H. The molecule has 2 aromatic carbocycles. The lowest BCUT2D eigenvalue weighted by atomic mass is 10.1. The van der Waals surface area contributed by atoms with Crippen molar-refractivity contribution < 1.29 is 4.74 Å². The van der Waals surface area contributed by atoms with E-state index in [1.54, 1.807) is 0 Å². The predicted molar refractivity (Wildman–Crippen MR) is 66.8 cm³/mol. The van der Waals surface area contributed by atoms with Crippen LogP contribution in [-0.4, -0.2) is 0 Å². The largest absolute Gasteiger partial charge is 0.449 e. The number of fused-ring (bicyclic) bond motifs is 7. The van der Waals surface area contributed by atoms with E-state index in [2.05, 4.69) is 12.1 Å². The van der Waals surface area contributed by atoms with Crippen LogP contribution >= 0.6 is 0 Å². The van der Waals surface area contributed by atoms with Crippen molar-refractivity contribution in [3.63, 3.8) is 0 Å². The van der Waals surface area contributed by atoms with E-state index in [4.69, 9.17) is 4.74 Å². The Morgan fingerprint density at radius 1 is 1.00 bits per heavy atom. The van der Waals surface area contributed by atoms with Crippen molar-refractivity contribution in [3.05, 3.63) is 46.6 Å². The summed E-state index contributed by atoms with van der Waals surface area (Å²) in [5, 5.41) is 3.91. The molecular formula is C15H6O2. The normalized spacial score (nSPS) is 13.4. The van der Waals surface area contributed by atoms with Crippen LogP contribution in [-0.2, 0) is 0 Å². The number of hydrogen-bond acceptors (Lipinski definition) is 2. The number of benzene rings is 1. The Labute approximate surface area is 96.1 Å². The molecule has 0 saturated carbocycles. The molecule has 0 saturated heterocycles. The molecule has 0 bridgehead atoms. The summed E-state index contributed by atoms with van der Waals surface area (Å²) in [6, 6.07) is 12.1. The van der Waals surface area contributed by atoms with Gasteiger partial charge in [-0.2, -0.15) is 0 Å². The molecule has 3 aliphatic rings. The van der Waals surface area contributed by atoms with Crippen LogP contribution in [0.5, 0.6) is 11.5 Å². The summed E-state index contributed by atoms with van der Waals surface area (Å²) in [7, 11) is 0. The Morgan fingerprint density at radius 3 is 2.88 bits per heavy atom. The SMILES string of the molecule is O=c1c2ccc3cccc4cc5c(c-4c3c12)O5. The van der Waals surface area contributed by atoms with E-state index in [1.807, 2.05) is 24.3 Å². The van der Waals surface area contributed by atoms with Gasteiger partial charge in [0.15, 0.2) is 16.9 Å². The quantitative estimate of drug-likeness (QED) is 0.372. The first-order valence-electron chi connectivity index (χ1n) is 5.59. The fourth-order valence-corrected chi connectivity index (χ4v) is 2.74. The summed E-state index contributed by atoms with van der Waals surface area (Å²) in [5.74, 6) is 1.91. The summed E-state index contributed by atoms with van der Waals surface area (Å²) in [6.45, 7) is 0. The minimum Gasteiger partial charge on any atom is -0.449 e. The lowest BCUT2D eigenvalue weighted by molar-refractivity contribution is 0.647. The van der Waals surface area contributed by atoms with Crippen LogP contribution in [0.4, 0.5) is 0 Å². The maximum absolute atomic E-state index is 11.7. The summed E-state index contributed by atoms with van der Waals surface area (Å²) in [4.78, 5) is 11.7. The number of hydrogen-bond donors (Lipinski definition) is 0. The average molecular weight is 218 g/mol. The molecule has 2 aliphatic carbocycles. The van der Waals surface area contributed by atoms with Gasteiger partial charge in [-0.3, -0.25) is 4.79 Å². The van der Waals surface area contributed by atoms with Crippen molar-refractivity contribution in [1.82, 2.24) is 0 Å². The van der Waals surface area contributed by atoms with Gasteiger partial charge in [-0.15, -0.1) is 0 Å². The molecule has 78 valence electrons. The van der Waals surface area contributed by atoms with Gasteiger partial charge in [0.25, 0.3) is 0 Å². The minimum atomic E-state index is 0.183. The van der Waals surface area contributed by atoms with E-state index < -0.39 is 0 Å². The molecule has 5 rings (SSSR count). The topological polar surface area (TPSA) is 29.6 Å². The van der Waals surface area contributed by atoms with Crippen LogP contribution in [0.1, 0.15) is 0 Å². The van der Waals surface area contributed by atoms with Gasteiger partial charge in [0.2, 0.25) is 0 Å². The van der Waals surface area contributed by atoms with E-state index in [0.29, 0.717) is 0 Å². The molecular weight excluding hydrogens is 212 g/mol. The van der Waals surface area contributed by atoms with Gasteiger partial charge >= 0.3 is 0 Å². The Balaban J connectivity index is 2.18. The van der Waals surface area contributed by atoms with Gasteiger partial charge in [0.1, 0.15) is 0 Å². The van der Waals surface area contributed by atoms with Crippen LogP contribution in [0, 0.1) is 0 Å². The maximum Gasteiger partial charge on any atom is 0.195 e. The van der Waals surface area contributed by atoms with Crippen molar-refractivity contribution in [1.29, 1.82) is 0 Å². The molecule has 0 N–H and O–H groups in total. The van der Waals surface area contributed by atoms with Gasteiger partial charge in [0, 0.05) is 21.7 Å². The van der Waals surface area contributed by atoms with Crippen LogP contribution in [0.3, 0.4) is 0 Å². The zero-order valence-electron chi connectivity index (χ0n) is 8.78. The zero-order chi connectivity index (χ0) is 11.1. The van der Waals surface area contributed by atoms with Gasteiger partial charge in [0.05, 0.1) is 0 Å². The first kappa shape index (κ1) is 7.85. The molecule has 0 amide bonds. The number of ether oxygens (including phenoxy) is 1. The van der Waals surface area contributed by atoms with E-state index in [0.717, 1.165) is 44.2 Å². The van der Waals surface area contributed by atoms with Gasteiger partial charge in [-0.25, -0.2) is 0 Å². The fourth-order valence-electron chi connectivity index (χ4n) is 2.74. The molecule has 17 heavy (non-hydrogen) atoms. The van der Waals surface area contributed by atoms with Gasteiger partial charge in [-0.1, -0.05) is 24.3 Å². The number of rotatable bonds is 0. The molecule has 1 aliphatic heterocycles. The Kier molecular flexibility index (Phi) is 1.01. The van der Waals surface area contributed by atoms with Crippen LogP contribution in [0.2, 0.25) is 0 Å². The summed E-state index contributed by atoms with van der Waals surface area (Å²) in [6.07, 6.45) is 0. The second kappa shape index (κ2) is 2.18. The summed E-state index contributed by atoms with van der Waals surface area (Å²) >= 11 is 0. The molecule has 1 heterocycles. The van der Waals surface area contributed by atoms with Crippen molar-refractivity contribution >= 4 is 21.5 Å². The molecule has 0 radical (unpaired) electrons. The van der Waals surface area contributed by atoms with E-state index in [9.17, 15) is 4.79 Å². The molecule has 0 aromatic heterocycles. The maximum atomic E-state index is 11.7. The molecule has 0 spiro atoms. The lowest BCUT2D eigenvalue weighted by Gasteiger charge is -1.97. The molecule has 0 fully saturated rings. The third-order valence-corrected chi connectivity index (χ3v) is 3.64. The van der Waals surface area contributed by atoms with E-state index in [-0.39, 0.29) is 5.43 Å². The van der Waals surface area contributed by atoms with Crippen molar-refractivity contribution in [2.24, 2.45) is 0 Å². The van der Waals surface area contributed by atoms with Gasteiger partial charge < -0.3 is 4.74 Å². The third kappa shape index (κ3) is 0.783.